The van der Waals surface area contributed by atoms with Crippen molar-refractivity contribution in [3.05, 3.63) is 0 Å². The van der Waals surface area contributed by atoms with Crippen LogP contribution in [-0.4, -0.2) is 37.6 Å². The van der Waals surface area contributed by atoms with Crippen molar-refractivity contribution in [2.75, 3.05) is 26.7 Å². The van der Waals surface area contributed by atoms with Crippen LogP contribution in [0.1, 0.15) is 39.0 Å². The standard InChI is InChI=1S/C11H24N2/c1-3-9-13(2)10-11-7-5-4-6-8-12-11/h11-12H,3-10H2,1-2H3. The summed E-state index contributed by atoms with van der Waals surface area (Å²) < 4.78 is 0. The number of nitrogens with zero attached hydrogens (tertiary/aromatic N) is 1. The van der Waals surface area contributed by atoms with Gasteiger partial charge < -0.3 is 10.2 Å². The lowest BCUT2D eigenvalue weighted by Crippen LogP contribution is -2.39. The average molecular weight is 184 g/mol. The smallest absolute Gasteiger partial charge is 0.0194 e. The maximum atomic E-state index is 3.63. The molecule has 0 radical (unpaired) electrons. The van der Waals surface area contributed by atoms with Crippen LogP contribution >= 0.6 is 0 Å². The fourth-order valence-corrected chi connectivity index (χ4v) is 2.11. The number of nitrogens with one attached hydrogen (secondary N) is 1. The molecule has 0 spiro atoms. The van der Waals surface area contributed by atoms with E-state index in [0.29, 0.717) is 0 Å². The van der Waals surface area contributed by atoms with Crippen LogP contribution in [0, 0.1) is 0 Å². The Kier molecular flexibility index (Phi) is 5.40. The number of hydrogen-bond donors (Lipinski definition) is 1. The Labute approximate surface area is 82.7 Å². The van der Waals surface area contributed by atoms with Crippen molar-refractivity contribution in [3.63, 3.8) is 0 Å². The van der Waals surface area contributed by atoms with Gasteiger partial charge in [-0.25, -0.2) is 0 Å². The Hall–Kier alpha value is -0.0800. The van der Waals surface area contributed by atoms with E-state index in [1.807, 2.05) is 0 Å². The first-order chi connectivity index (χ1) is 6.33. The van der Waals surface area contributed by atoms with Crippen molar-refractivity contribution < 1.29 is 0 Å². The molecule has 1 fully saturated rings. The molecule has 0 saturated carbocycles. The van der Waals surface area contributed by atoms with Gasteiger partial charge in [0.15, 0.2) is 0 Å². The van der Waals surface area contributed by atoms with Crippen LogP contribution in [0.2, 0.25) is 0 Å². The van der Waals surface area contributed by atoms with Crippen LogP contribution in [0.3, 0.4) is 0 Å². The highest BCUT2D eigenvalue weighted by Gasteiger charge is 2.12. The van der Waals surface area contributed by atoms with E-state index in [1.54, 1.807) is 0 Å². The van der Waals surface area contributed by atoms with Crippen molar-refractivity contribution >= 4 is 0 Å². The molecule has 0 aromatic carbocycles. The molecule has 2 nitrogen and oxygen atoms in total. The third kappa shape index (κ3) is 4.63. The molecule has 78 valence electrons. The minimum Gasteiger partial charge on any atom is -0.313 e. The number of likely N-dealkylation sites (N-methyl/N-ethyl adjacent to an activating group) is 1. The third-order valence-corrected chi connectivity index (χ3v) is 2.80. The van der Waals surface area contributed by atoms with E-state index < -0.39 is 0 Å². The van der Waals surface area contributed by atoms with Gasteiger partial charge in [0.1, 0.15) is 0 Å². The second-order valence-corrected chi connectivity index (χ2v) is 4.26. The second-order valence-electron chi connectivity index (χ2n) is 4.26. The summed E-state index contributed by atoms with van der Waals surface area (Å²) in [5, 5.41) is 3.63. The molecule has 1 N–H and O–H groups in total. The fourth-order valence-electron chi connectivity index (χ4n) is 2.11. The molecular formula is C11H24N2. The Balaban J connectivity index is 2.17. The number of hydrogen-bond acceptors (Lipinski definition) is 2. The monoisotopic (exact) mass is 184 g/mol. The minimum atomic E-state index is 0.749. The highest BCUT2D eigenvalue weighted by molar-refractivity contribution is 4.73. The summed E-state index contributed by atoms with van der Waals surface area (Å²) in [5.41, 5.74) is 0. The lowest BCUT2D eigenvalue weighted by atomic mass is 10.1. The molecule has 13 heavy (non-hydrogen) atoms. The quantitative estimate of drug-likeness (QED) is 0.717. The average Bonchev–Trinajstić information content (AvgIpc) is 2.33. The maximum Gasteiger partial charge on any atom is 0.0194 e. The van der Waals surface area contributed by atoms with Gasteiger partial charge in [0, 0.05) is 12.6 Å². The van der Waals surface area contributed by atoms with E-state index in [0.717, 1.165) is 6.04 Å². The number of rotatable bonds is 4. The molecular weight excluding hydrogens is 160 g/mol. The Morgan fingerprint density at radius 3 is 2.92 bits per heavy atom. The van der Waals surface area contributed by atoms with Crippen LogP contribution in [0.15, 0.2) is 0 Å². The van der Waals surface area contributed by atoms with E-state index in [1.165, 1.54) is 51.7 Å². The van der Waals surface area contributed by atoms with Gasteiger partial charge in [0.25, 0.3) is 0 Å². The predicted octanol–water partition coefficient (Wildman–Crippen LogP) is 1.86. The zero-order chi connectivity index (χ0) is 9.52. The van der Waals surface area contributed by atoms with E-state index in [4.69, 9.17) is 0 Å². The summed E-state index contributed by atoms with van der Waals surface area (Å²) in [6.45, 7) is 5.94. The van der Waals surface area contributed by atoms with Crippen molar-refractivity contribution in [2.45, 2.75) is 45.1 Å². The van der Waals surface area contributed by atoms with Crippen LogP contribution < -0.4 is 5.32 Å². The van der Waals surface area contributed by atoms with Crippen molar-refractivity contribution in [1.29, 1.82) is 0 Å². The van der Waals surface area contributed by atoms with Crippen LogP contribution in [0.5, 0.6) is 0 Å². The molecule has 0 aliphatic carbocycles. The molecule has 1 aliphatic heterocycles. The van der Waals surface area contributed by atoms with Gasteiger partial charge >= 0.3 is 0 Å². The van der Waals surface area contributed by atoms with Gasteiger partial charge in [0.05, 0.1) is 0 Å². The highest BCUT2D eigenvalue weighted by Crippen LogP contribution is 2.09. The summed E-state index contributed by atoms with van der Waals surface area (Å²) in [6.07, 6.45) is 6.84. The van der Waals surface area contributed by atoms with Crippen molar-refractivity contribution in [3.8, 4) is 0 Å². The van der Waals surface area contributed by atoms with E-state index in [9.17, 15) is 0 Å². The zero-order valence-electron chi connectivity index (χ0n) is 9.18. The van der Waals surface area contributed by atoms with E-state index in [2.05, 4.69) is 24.2 Å². The second kappa shape index (κ2) is 6.39. The van der Waals surface area contributed by atoms with Gasteiger partial charge in [0.2, 0.25) is 0 Å². The van der Waals surface area contributed by atoms with Gasteiger partial charge in [-0.1, -0.05) is 19.8 Å². The molecule has 1 aliphatic rings. The van der Waals surface area contributed by atoms with Crippen molar-refractivity contribution in [2.24, 2.45) is 0 Å². The highest BCUT2D eigenvalue weighted by atomic mass is 15.1. The van der Waals surface area contributed by atoms with Crippen LogP contribution in [-0.2, 0) is 0 Å². The molecule has 0 aromatic rings. The molecule has 0 amide bonds. The minimum absolute atomic E-state index is 0.749. The van der Waals surface area contributed by atoms with E-state index >= 15 is 0 Å². The SMILES string of the molecule is CCCN(C)CC1CCCCCN1. The molecule has 1 heterocycles. The maximum absolute atomic E-state index is 3.63. The first-order valence-electron chi connectivity index (χ1n) is 5.75. The summed E-state index contributed by atoms with van der Waals surface area (Å²) in [4.78, 5) is 2.45. The zero-order valence-corrected chi connectivity index (χ0v) is 9.18. The molecule has 1 saturated heterocycles. The summed E-state index contributed by atoms with van der Waals surface area (Å²) in [7, 11) is 2.23. The summed E-state index contributed by atoms with van der Waals surface area (Å²) >= 11 is 0. The molecule has 1 rings (SSSR count). The lowest BCUT2D eigenvalue weighted by Gasteiger charge is -2.23. The van der Waals surface area contributed by atoms with Gasteiger partial charge in [-0.05, 0) is 39.4 Å². The topological polar surface area (TPSA) is 15.3 Å². The largest absolute Gasteiger partial charge is 0.313 e. The molecule has 1 atom stereocenters. The van der Waals surface area contributed by atoms with E-state index in [-0.39, 0.29) is 0 Å². The third-order valence-electron chi connectivity index (χ3n) is 2.80. The Morgan fingerprint density at radius 2 is 2.15 bits per heavy atom. The first-order valence-corrected chi connectivity index (χ1v) is 5.75. The normalized spacial score (nSPS) is 24.7. The fraction of sp³-hybridized carbons (Fsp3) is 1.00. The van der Waals surface area contributed by atoms with Gasteiger partial charge in [-0.3, -0.25) is 0 Å². The van der Waals surface area contributed by atoms with Gasteiger partial charge in [-0.15, -0.1) is 0 Å². The summed E-state index contributed by atoms with van der Waals surface area (Å²) in [6, 6.07) is 0.749. The van der Waals surface area contributed by atoms with Gasteiger partial charge in [-0.2, -0.15) is 0 Å². The van der Waals surface area contributed by atoms with Crippen molar-refractivity contribution in [1.82, 2.24) is 10.2 Å². The lowest BCUT2D eigenvalue weighted by molar-refractivity contribution is 0.285. The Bertz CT molecular complexity index is 117. The van der Waals surface area contributed by atoms with Crippen LogP contribution in [0.25, 0.3) is 0 Å². The Morgan fingerprint density at radius 1 is 1.31 bits per heavy atom. The predicted molar refractivity (Wildman–Crippen MR) is 58.0 cm³/mol. The molecule has 0 bridgehead atoms. The molecule has 1 unspecified atom stereocenters. The molecule has 0 aromatic heterocycles. The first kappa shape index (κ1) is 11.0. The van der Waals surface area contributed by atoms with Crippen LogP contribution in [0.4, 0.5) is 0 Å². The summed E-state index contributed by atoms with van der Waals surface area (Å²) in [5.74, 6) is 0. The molecule has 2 heteroatoms.